The molecule has 6 nitrogen and oxygen atoms in total. The van der Waals surface area contributed by atoms with Crippen molar-refractivity contribution < 1.29 is 23.0 Å². The minimum absolute atomic E-state index is 0.0333. The Morgan fingerprint density at radius 2 is 1.79 bits per heavy atom. The molecule has 1 unspecified atom stereocenters. The van der Waals surface area contributed by atoms with Crippen LogP contribution in [0.5, 0.6) is 5.75 Å². The lowest BCUT2D eigenvalue weighted by atomic mass is 9.88. The molecule has 1 fully saturated rings. The number of benzene rings is 2. The SMILES string of the molecule is CS(=O)(=O)Nc1cc(C(O)CNC2(Cc3ccc(F)cc3)CCCC2)ccc1O. The Hall–Kier alpha value is -2.16. The Kier molecular flexibility index (Phi) is 6.45. The number of rotatable bonds is 8. The first kappa shape index (κ1) is 21.5. The minimum atomic E-state index is -3.55. The van der Waals surface area contributed by atoms with E-state index in [9.17, 15) is 23.0 Å². The summed E-state index contributed by atoms with van der Waals surface area (Å²) in [6.07, 6.45) is 4.98. The van der Waals surface area contributed by atoms with Crippen LogP contribution in [0.4, 0.5) is 10.1 Å². The standard InChI is InChI=1S/C21H27FN2O4S/c1-29(27,28)24-18-12-16(6-9-19(18)25)20(26)14-23-21(10-2-3-11-21)13-15-4-7-17(22)8-5-15/h4-9,12,20,23-26H,2-3,10-11,13-14H2,1H3. The monoisotopic (exact) mass is 422 g/mol. The summed E-state index contributed by atoms with van der Waals surface area (Å²) in [7, 11) is -3.55. The number of phenolic OH excluding ortho intramolecular Hbond substituents is 1. The van der Waals surface area contributed by atoms with E-state index < -0.39 is 16.1 Å². The molecule has 0 amide bonds. The first-order chi connectivity index (χ1) is 13.7. The summed E-state index contributed by atoms with van der Waals surface area (Å²) >= 11 is 0. The highest BCUT2D eigenvalue weighted by Gasteiger charge is 2.34. The van der Waals surface area contributed by atoms with E-state index in [1.54, 1.807) is 18.2 Å². The Balaban J connectivity index is 1.70. The van der Waals surface area contributed by atoms with Crippen molar-refractivity contribution in [1.82, 2.24) is 5.32 Å². The number of anilines is 1. The second-order valence-corrected chi connectivity index (χ2v) is 9.59. The number of halogens is 1. The van der Waals surface area contributed by atoms with Crippen LogP contribution < -0.4 is 10.0 Å². The molecule has 158 valence electrons. The molecule has 29 heavy (non-hydrogen) atoms. The first-order valence-corrected chi connectivity index (χ1v) is 11.5. The molecule has 1 saturated carbocycles. The van der Waals surface area contributed by atoms with Crippen LogP contribution in [0.1, 0.15) is 42.9 Å². The molecule has 8 heteroatoms. The predicted molar refractivity (Wildman–Crippen MR) is 111 cm³/mol. The predicted octanol–water partition coefficient (Wildman–Crippen LogP) is 3.08. The highest BCUT2D eigenvalue weighted by Crippen LogP contribution is 2.34. The van der Waals surface area contributed by atoms with Crippen LogP contribution >= 0.6 is 0 Å². The second-order valence-electron chi connectivity index (χ2n) is 7.84. The highest BCUT2D eigenvalue weighted by atomic mass is 32.2. The number of aromatic hydroxyl groups is 1. The normalized spacial score (nSPS) is 17.2. The highest BCUT2D eigenvalue weighted by molar-refractivity contribution is 7.92. The Morgan fingerprint density at radius 3 is 2.41 bits per heavy atom. The third kappa shape index (κ3) is 5.91. The number of aliphatic hydroxyl groups is 1. The van der Waals surface area contributed by atoms with Crippen LogP contribution in [0, 0.1) is 5.82 Å². The van der Waals surface area contributed by atoms with E-state index >= 15 is 0 Å². The molecule has 4 N–H and O–H groups in total. The van der Waals surface area contributed by atoms with Gasteiger partial charge in [0, 0.05) is 12.1 Å². The molecule has 0 heterocycles. The summed E-state index contributed by atoms with van der Waals surface area (Å²) in [5, 5.41) is 24.0. The van der Waals surface area contributed by atoms with Crippen LogP contribution in [-0.2, 0) is 16.4 Å². The number of aliphatic hydroxyl groups excluding tert-OH is 1. The molecule has 0 aromatic heterocycles. The van der Waals surface area contributed by atoms with E-state index in [-0.39, 0.29) is 29.3 Å². The maximum Gasteiger partial charge on any atom is 0.229 e. The number of nitrogens with one attached hydrogen (secondary N) is 2. The molecule has 1 atom stereocenters. The second kappa shape index (κ2) is 8.69. The van der Waals surface area contributed by atoms with Crippen LogP contribution in [0.15, 0.2) is 42.5 Å². The van der Waals surface area contributed by atoms with Crippen LogP contribution in [-0.4, -0.2) is 37.0 Å². The smallest absolute Gasteiger partial charge is 0.229 e. The maximum absolute atomic E-state index is 13.2. The van der Waals surface area contributed by atoms with E-state index in [2.05, 4.69) is 10.0 Å². The van der Waals surface area contributed by atoms with Gasteiger partial charge in [0.15, 0.2) is 0 Å². The summed E-state index contributed by atoms with van der Waals surface area (Å²) in [5.74, 6) is -0.466. The Morgan fingerprint density at radius 1 is 1.14 bits per heavy atom. The largest absolute Gasteiger partial charge is 0.506 e. The van der Waals surface area contributed by atoms with Gasteiger partial charge in [0.1, 0.15) is 11.6 Å². The summed E-state index contributed by atoms with van der Waals surface area (Å²) in [6.45, 7) is 0.282. The topological polar surface area (TPSA) is 98.7 Å². The van der Waals surface area contributed by atoms with E-state index in [1.165, 1.54) is 24.3 Å². The third-order valence-corrected chi connectivity index (χ3v) is 5.98. The van der Waals surface area contributed by atoms with Crippen molar-refractivity contribution >= 4 is 15.7 Å². The molecule has 1 aliphatic rings. The first-order valence-electron chi connectivity index (χ1n) is 9.64. The van der Waals surface area contributed by atoms with Crippen molar-refractivity contribution in [3.8, 4) is 5.75 Å². The molecular formula is C21H27FN2O4S. The zero-order chi connectivity index (χ0) is 21.1. The summed E-state index contributed by atoms with van der Waals surface area (Å²) in [6, 6.07) is 10.8. The van der Waals surface area contributed by atoms with Crippen molar-refractivity contribution in [3.05, 3.63) is 59.4 Å². The molecule has 0 radical (unpaired) electrons. The van der Waals surface area contributed by atoms with E-state index in [4.69, 9.17) is 0 Å². The zero-order valence-corrected chi connectivity index (χ0v) is 17.2. The molecular weight excluding hydrogens is 395 g/mol. The van der Waals surface area contributed by atoms with Crippen molar-refractivity contribution in [1.29, 1.82) is 0 Å². The summed E-state index contributed by atoms with van der Waals surface area (Å²) in [5.41, 5.74) is 1.41. The maximum atomic E-state index is 13.2. The van der Waals surface area contributed by atoms with Gasteiger partial charge in [-0.2, -0.15) is 0 Å². The number of β-amino-alcohol motifs (C(OH)–C–C–N with tert-alkyl or cyclic N) is 1. The van der Waals surface area contributed by atoms with Gasteiger partial charge in [-0.1, -0.05) is 31.0 Å². The fourth-order valence-electron chi connectivity index (χ4n) is 3.93. The third-order valence-electron chi connectivity index (χ3n) is 5.39. The van der Waals surface area contributed by atoms with Gasteiger partial charge in [-0.05, 0) is 54.7 Å². The molecule has 2 aromatic rings. The Labute approximate surface area is 170 Å². The molecule has 2 aromatic carbocycles. The van der Waals surface area contributed by atoms with Gasteiger partial charge in [0.05, 0.1) is 18.0 Å². The fraction of sp³-hybridized carbons (Fsp3) is 0.429. The molecule has 0 bridgehead atoms. The van der Waals surface area contributed by atoms with Crippen LogP contribution in [0.25, 0.3) is 0 Å². The van der Waals surface area contributed by atoms with Gasteiger partial charge >= 0.3 is 0 Å². The lowest BCUT2D eigenvalue weighted by molar-refractivity contribution is 0.155. The average molecular weight is 423 g/mol. The van der Waals surface area contributed by atoms with E-state index in [1.807, 2.05) is 0 Å². The summed E-state index contributed by atoms with van der Waals surface area (Å²) < 4.78 is 38.3. The Bertz CT molecular complexity index is 942. The van der Waals surface area contributed by atoms with Gasteiger partial charge in [0.25, 0.3) is 0 Å². The number of sulfonamides is 1. The molecule has 3 rings (SSSR count). The quantitative estimate of drug-likeness (QED) is 0.490. The average Bonchev–Trinajstić information content (AvgIpc) is 3.11. The van der Waals surface area contributed by atoms with Crippen molar-refractivity contribution in [2.24, 2.45) is 0 Å². The van der Waals surface area contributed by atoms with E-state index in [0.29, 0.717) is 5.56 Å². The lowest BCUT2D eigenvalue weighted by Gasteiger charge is -2.32. The number of phenols is 1. The van der Waals surface area contributed by atoms with Gasteiger partial charge in [0.2, 0.25) is 10.0 Å². The minimum Gasteiger partial charge on any atom is -0.506 e. The number of hydrogen-bond donors (Lipinski definition) is 4. The summed E-state index contributed by atoms with van der Waals surface area (Å²) in [4.78, 5) is 0. The zero-order valence-electron chi connectivity index (χ0n) is 16.4. The van der Waals surface area contributed by atoms with Gasteiger partial charge in [-0.3, -0.25) is 4.72 Å². The molecule has 0 aliphatic heterocycles. The fourth-order valence-corrected chi connectivity index (χ4v) is 4.50. The van der Waals surface area contributed by atoms with E-state index in [0.717, 1.165) is 43.9 Å². The lowest BCUT2D eigenvalue weighted by Crippen LogP contribution is -2.46. The van der Waals surface area contributed by atoms with Crippen LogP contribution in [0.2, 0.25) is 0 Å². The van der Waals surface area contributed by atoms with Crippen LogP contribution in [0.3, 0.4) is 0 Å². The number of hydrogen-bond acceptors (Lipinski definition) is 5. The molecule has 0 saturated heterocycles. The van der Waals surface area contributed by atoms with Gasteiger partial charge in [-0.15, -0.1) is 0 Å². The molecule has 0 spiro atoms. The van der Waals surface area contributed by atoms with Crippen molar-refractivity contribution in [3.63, 3.8) is 0 Å². The van der Waals surface area contributed by atoms with Gasteiger partial charge < -0.3 is 15.5 Å². The van der Waals surface area contributed by atoms with Crippen molar-refractivity contribution in [2.75, 3.05) is 17.5 Å². The molecule has 1 aliphatic carbocycles. The van der Waals surface area contributed by atoms with Gasteiger partial charge in [-0.25, -0.2) is 12.8 Å². The van der Waals surface area contributed by atoms with Crippen molar-refractivity contribution in [2.45, 2.75) is 43.7 Å².